The third kappa shape index (κ3) is 2.39. The summed E-state index contributed by atoms with van der Waals surface area (Å²) in [4.78, 5) is 35.2. The lowest BCUT2D eigenvalue weighted by molar-refractivity contribution is -0.157. The molecule has 4 atom stereocenters. The number of carbonyl (C=O) groups is 3. The number of fused-ring (bicyclic) bond motifs is 2. The van der Waals surface area contributed by atoms with Crippen molar-refractivity contribution in [2.75, 3.05) is 0 Å². The van der Waals surface area contributed by atoms with Gasteiger partial charge in [-0.1, -0.05) is 19.9 Å². The topological polar surface area (TPSA) is 89.9 Å². The Morgan fingerprint density at radius 1 is 1.08 bits per heavy atom. The van der Waals surface area contributed by atoms with Gasteiger partial charge in [-0.3, -0.25) is 4.79 Å². The summed E-state index contributed by atoms with van der Waals surface area (Å²) in [5.74, 6) is -1.67. The summed E-state index contributed by atoms with van der Waals surface area (Å²) in [6.07, 6.45) is 1.20. The van der Waals surface area contributed by atoms with E-state index < -0.39 is 18.2 Å². The highest BCUT2D eigenvalue weighted by atomic mass is 16.6. The number of benzene rings is 1. The SMILES string of the molecule is CC(C)(c1ccc2c(c1)C(=O)OC2=O)C1CCC2C(=O)OC(O)C2C1. The summed E-state index contributed by atoms with van der Waals surface area (Å²) in [6, 6.07) is 5.24. The maximum absolute atomic E-state index is 11.8. The van der Waals surface area contributed by atoms with E-state index in [1.165, 1.54) is 0 Å². The zero-order valence-electron chi connectivity index (χ0n) is 14.2. The van der Waals surface area contributed by atoms with Crippen molar-refractivity contribution in [3.05, 3.63) is 34.9 Å². The van der Waals surface area contributed by atoms with E-state index in [0.717, 1.165) is 12.0 Å². The number of aliphatic hydroxyl groups excluding tert-OH is 1. The zero-order chi connectivity index (χ0) is 17.9. The summed E-state index contributed by atoms with van der Waals surface area (Å²) in [5, 5.41) is 10.00. The van der Waals surface area contributed by atoms with Crippen molar-refractivity contribution in [3.63, 3.8) is 0 Å². The van der Waals surface area contributed by atoms with Crippen LogP contribution in [0.3, 0.4) is 0 Å². The molecule has 4 rings (SSSR count). The van der Waals surface area contributed by atoms with Gasteiger partial charge in [-0.2, -0.15) is 0 Å². The molecule has 1 aromatic rings. The van der Waals surface area contributed by atoms with Gasteiger partial charge in [0.1, 0.15) is 0 Å². The third-order valence-corrected chi connectivity index (χ3v) is 6.21. The molecule has 132 valence electrons. The molecule has 1 aromatic carbocycles. The van der Waals surface area contributed by atoms with Crippen LogP contribution in [0.25, 0.3) is 0 Å². The molecule has 0 amide bonds. The number of esters is 3. The van der Waals surface area contributed by atoms with E-state index in [2.05, 4.69) is 18.6 Å². The summed E-state index contributed by atoms with van der Waals surface area (Å²) in [5.41, 5.74) is 1.28. The van der Waals surface area contributed by atoms with Crippen LogP contribution in [0.4, 0.5) is 0 Å². The van der Waals surface area contributed by atoms with Crippen molar-refractivity contribution in [2.45, 2.75) is 44.8 Å². The first-order valence-corrected chi connectivity index (χ1v) is 8.58. The van der Waals surface area contributed by atoms with Gasteiger partial charge in [-0.05, 0) is 48.3 Å². The van der Waals surface area contributed by atoms with E-state index in [0.29, 0.717) is 24.0 Å². The fourth-order valence-corrected chi connectivity index (χ4v) is 4.48. The lowest BCUT2D eigenvalue weighted by Gasteiger charge is -2.41. The fraction of sp³-hybridized carbons (Fsp3) is 0.526. The van der Waals surface area contributed by atoms with Gasteiger partial charge in [0.25, 0.3) is 0 Å². The molecule has 0 spiro atoms. The molecular formula is C19H20O6. The molecule has 1 N–H and O–H groups in total. The summed E-state index contributed by atoms with van der Waals surface area (Å²) in [6.45, 7) is 4.18. The van der Waals surface area contributed by atoms with Gasteiger partial charge in [0.2, 0.25) is 6.29 Å². The predicted octanol–water partition coefficient (Wildman–Crippen LogP) is 2.18. The molecule has 1 aliphatic carbocycles. The molecule has 0 aromatic heterocycles. The van der Waals surface area contributed by atoms with Crippen LogP contribution in [0.5, 0.6) is 0 Å². The Kier molecular flexibility index (Phi) is 3.51. The highest BCUT2D eigenvalue weighted by Crippen LogP contribution is 2.48. The molecule has 1 saturated heterocycles. The van der Waals surface area contributed by atoms with Crippen LogP contribution >= 0.6 is 0 Å². The number of hydrogen-bond donors (Lipinski definition) is 1. The molecule has 6 nitrogen and oxygen atoms in total. The van der Waals surface area contributed by atoms with E-state index in [9.17, 15) is 19.5 Å². The lowest BCUT2D eigenvalue weighted by atomic mass is 9.63. The van der Waals surface area contributed by atoms with E-state index in [4.69, 9.17) is 4.74 Å². The molecule has 2 fully saturated rings. The third-order valence-electron chi connectivity index (χ3n) is 6.21. The number of aliphatic hydroxyl groups is 1. The molecule has 2 aliphatic heterocycles. The Bertz CT molecular complexity index is 780. The fourth-order valence-electron chi connectivity index (χ4n) is 4.48. The average molecular weight is 344 g/mol. The quantitative estimate of drug-likeness (QED) is 0.653. The Balaban J connectivity index is 1.62. The molecule has 25 heavy (non-hydrogen) atoms. The van der Waals surface area contributed by atoms with Crippen molar-refractivity contribution in [1.29, 1.82) is 0 Å². The number of hydrogen-bond acceptors (Lipinski definition) is 6. The molecule has 0 radical (unpaired) electrons. The number of carbonyl (C=O) groups excluding carboxylic acids is 3. The van der Waals surface area contributed by atoms with Crippen molar-refractivity contribution >= 4 is 17.9 Å². The van der Waals surface area contributed by atoms with Crippen molar-refractivity contribution in [1.82, 2.24) is 0 Å². The van der Waals surface area contributed by atoms with Crippen molar-refractivity contribution < 1.29 is 29.0 Å². The second-order valence-electron chi connectivity index (χ2n) is 7.77. The average Bonchev–Trinajstić information content (AvgIpc) is 3.03. The highest BCUT2D eigenvalue weighted by molar-refractivity contribution is 6.14. The molecule has 4 unspecified atom stereocenters. The van der Waals surface area contributed by atoms with Crippen LogP contribution in [0.2, 0.25) is 0 Å². The van der Waals surface area contributed by atoms with Crippen molar-refractivity contribution in [2.24, 2.45) is 17.8 Å². The van der Waals surface area contributed by atoms with Gasteiger partial charge in [0, 0.05) is 5.92 Å². The first kappa shape index (κ1) is 16.3. The second kappa shape index (κ2) is 5.39. The van der Waals surface area contributed by atoms with Crippen LogP contribution in [0.15, 0.2) is 18.2 Å². The number of rotatable bonds is 2. The monoisotopic (exact) mass is 344 g/mol. The summed E-state index contributed by atoms with van der Waals surface area (Å²) in [7, 11) is 0. The summed E-state index contributed by atoms with van der Waals surface area (Å²) >= 11 is 0. The standard InChI is InChI=1S/C19H20O6/c1-19(2,9-3-5-11-13(7-9)17(22)24-15(11)20)10-4-6-12-14(8-10)18(23)25-16(12)21/h3,5,7,10,12,14,18,23H,4,6,8H2,1-2H3. The van der Waals surface area contributed by atoms with Gasteiger partial charge in [-0.25, -0.2) is 9.59 Å². The summed E-state index contributed by atoms with van der Waals surface area (Å²) < 4.78 is 9.64. The largest absolute Gasteiger partial charge is 0.435 e. The predicted molar refractivity (Wildman–Crippen MR) is 85.6 cm³/mol. The smallest absolute Gasteiger partial charge is 0.346 e. The van der Waals surface area contributed by atoms with Gasteiger partial charge in [0.15, 0.2) is 0 Å². The van der Waals surface area contributed by atoms with Gasteiger partial charge >= 0.3 is 17.9 Å². The van der Waals surface area contributed by atoms with Crippen LogP contribution in [0, 0.1) is 17.8 Å². The van der Waals surface area contributed by atoms with Crippen LogP contribution in [-0.2, 0) is 19.7 Å². The van der Waals surface area contributed by atoms with Crippen LogP contribution in [-0.4, -0.2) is 29.3 Å². The van der Waals surface area contributed by atoms with Crippen LogP contribution in [0.1, 0.15) is 59.4 Å². The molecular weight excluding hydrogens is 324 g/mol. The highest BCUT2D eigenvalue weighted by Gasteiger charge is 2.50. The second-order valence-corrected chi connectivity index (χ2v) is 7.77. The van der Waals surface area contributed by atoms with E-state index in [1.807, 2.05) is 6.07 Å². The van der Waals surface area contributed by atoms with Gasteiger partial charge < -0.3 is 14.6 Å². The lowest BCUT2D eigenvalue weighted by Crippen LogP contribution is -2.38. The number of cyclic esters (lactones) is 3. The maximum atomic E-state index is 11.8. The van der Waals surface area contributed by atoms with Crippen LogP contribution < -0.4 is 0 Å². The Hall–Kier alpha value is -2.21. The molecule has 3 aliphatic rings. The Morgan fingerprint density at radius 2 is 1.80 bits per heavy atom. The molecule has 1 saturated carbocycles. The van der Waals surface area contributed by atoms with E-state index >= 15 is 0 Å². The van der Waals surface area contributed by atoms with E-state index in [-0.39, 0.29) is 29.1 Å². The normalized spacial score (nSPS) is 31.4. The van der Waals surface area contributed by atoms with Gasteiger partial charge in [-0.15, -0.1) is 0 Å². The Labute approximate surface area is 145 Å². The van der Waals surface area contributed by atoms with Crippen molar-refractivity contribution in [3.8, 4) is 0 Å². The minimum atomic E-state index is -1.02. The molecule has 0 bridgehead atoms. The first-order valence-electron chi connectivity index (χ1n) is 8.58. The molecule has 6 heteroatoms. The zero-order valence-corrected chi connectivity index (χ0v) is 14.2. The minimum Gasteiger partial charge on any atom is -0.435 e. The Morgan fingerprint density at radius 3 is 2.56 bits per heavy atom. The molecule has 2 heterocycles. The number of ether oxygens (including phenoxy) is 2. The first-order chi connectivity index (χ1) is 11.8. The van der Waals surface area contributed by atoms with E-state index in [1.54, 1.807) is 12.1 Å². The minimum absolute atomic E-state index is 0.175. The van der Waals surface area contributed by atoms with Gasteiger partial charge in [0.05, 0.1) is 17.0 Å². The maximum Gasteiger partial charge on any atom is 0.346 e.